The highest BCUT2D eigenvalue weighted by molar-refractivity contribution is 7.67. The van der Waals surface area contributed by atoms with Gasteiger partial charge in [0.1, 0.15) is 38.2 Å². The first kappa shape index (κ1) is 48.2. The Kier molecular flexibility index (Phi) is 20.2. The second-order valence-electron chi connectivity index (χ2n) is 14.3. The number of nitrogens with zero attached hydrogens (tertiary/aromatic N) is 1. The number of ether oxygens (including phenoxy) is 3. The van der Waals surface area contributed by atoms with Gasteiger partial charge in [-0.05, 0) is 55.9 Å². The van der Waals surface area contributed by atoms with Gasteiger partial charge in [0.15, 0.2) is 0 Å². The van der Waals surface area contributed by atoms with Gasteiger partial charge in [0.25, 0.3) is 5.56 Å². The van der Waals surface area contributed by atoms with Crippen molar-refractivity contribution in [3.05, 3.63) is 92.3 Å². The van der Waals surface area contributed by atoms with E-state index in [4.69, 9.17) is 36.7 Å². The van der Waals surface area contributed by atoms with Crippen LogP contribution >= 0.6 is 16.3 Å². The van der Waals surface area contributed by atoms with Gasteiger partial charge in [-0.3, -0.25) is 23.9 Å². The van der Waals surface area contributed by atoms with Crippen LogP contribution in [0.25, 0.3) is 0 Å². The monoisotopic (exact) mass is 866 g/mol. The highest BCUT2D eigenvalue weighted by Crippen LogP contribution is 2.70. The van der Waals surface area contributed by atoms with Crippen LogP contribution < -0.4 is 36.4 Å². The maximum absolute atomic E-state index is 14.2. The molecule has 0 spiro atoms. The first-order valence-electron chi connectivity index (χ1n) is 20.2. The van der Waals surface area contributed by atoms with Gasteiger partial charge in [-0.25, -0.2) is 4.79 Å². The highest BCUT2D eigenvalue weighted by Gasteiger charge is 2.54. The lowest BCUT2D eigenvalue weighted by molar-refractivity contribution is -0.655. The number of aryl methyl sites for hydroxylation is 1. The maximum atomic E-state index is 14.2. The molecule has 4 rings (SSSR count). The molecule has 1 radical (unpaired) electrons. The molecule has 1 unspecified atom stereocenters. The Morgan fingerprint density at radius 2 is 1.37 bits per heavy atom. The number of carbonyl (C=O) groups is 2. The zero-order valence-electron chi connectivity index (χ0n) is 34.1. The third-order valence-electron chi connectivity index (χ3n) is 9.38. The predicted molar refractivity (Wildman–Crippen MR) is 215 cm³/mol. The summed E-state index contributed by atoms with van der Waals surface area (Å²) in [5.41, 5.74) is 0.129. The number of aromatic nitrogens is 2. The van der Waals surface area contributed by atoms with E-state index in [2.05, 4.69) is 24.7 Å². The topological polar surface area (TPSA) is 239 Å². The molecule has 2 aromatic carbocycles. The van der Waals surface area contributed by atoms with E-state index in [0.717, 1.165) is 64.2 Å². The van der Waals surface area contributed by atoms with Crippen LogP contribution in [-0.4, -0.2) is 34.2 Å². The van der Waals surface area contributed by atoms with Crippen molar-refractivity contribution in [3.63, 3.8) is 0 Å². The molecule has 19 heteroatoms. The lowest BCUT2D eigenvalue weighted by Gasteiger charge is -2.27. The van der Waals surface area contributed by atoms with Crippen LogP contribution in [0.3, 0.4) is 0 Å². The van der Waals surface area contributed by atoms with Crippen molar-refractivity contribution in [1.29, 1.82) is 0 Å². The highest BCUT2D eigenvalue weighted by atomic mass is 31.3. The van der Waals surface area contributed by atoms with E-state index < -0.39 is 39.9 Å². The summed E-state index contributed by atoms with van der Waals surface area (Å²) in [6.07, 6.45) is 11.3. The van der Waals surface area contributed by atoms with E-state index in [1.165, 1.54) is 10.8 Å². The predicted octanol–water partition coefficient (Wildman–Crippen LogP) is 5.77. The molecule has 2 heterocycles. The van der Waals surface area contributed by atoms with Crippen molar-refractivity contribution in [3.8, 4) is 11.5 Å². The molecule has 1 aromatic heterocycles. The number of H-pyrrole nitrogens is 1. The Balaban J connectivity index is 1.38. The smallest absolute Gasteiger partial charge is 0.580 e. The minimum atomic E-state index is -4.78. The van der Waals surface area contributed by atoms with Crippen LogP contribution in [0.1, 0.15) is 127 Å². The lowest BCUT2D eigenvalue weighted by Crippen LogP contribution is -2.51. The fourth-order valence-electron chi connectivity index (χ4n) is 6.01. The summed E-state index contributed by atoms with van der Waals surface area (Å²) < 4.78 is 45.0. The minimum Gasteiger partial charge on any atom is -0.602 e. The summed E-state index contributed by atoms with van der Waals surface area (Å²) >= 11 is 0. The SMILES string of the molecule is CCCCCCCC(=O)Oc1ccc(CO[P+]([O-])(OCc2ccc(OC(=[O+])CCCCCCC)cc2)O[P+]([O-])(O[NH3+])OC[C@@H]2CC[C@H](n3cc(C)c(=O)[nH]c3=O)O2)cc1. The third kappa shape index (κ3) is 16.9. The Hall–Kier alpha value is -3.44. The number of unbranched alkanes of at least 4 members (excludes halogenated alkanes) is 8. The normalized spacial score (nSPS) is 17.3. The lowest BCUT2D eigenvalue weighted by atomic mass is 10.1. The van der Waals surface area contributed by atoms with Crippen LogP contribution in [0.5, 0.6) is 11.5 Å². The van der Waals surface area contributed by atoms with Crippen molar-refractivity contribution in [2.75, 3.05) is 6.61 Å². The number of hydrogen-bond donors (Lipinski definition) is 2. The molecule has 1 aliphatic heterocycles. The zero-order valence-corrected chi connectivity index (χ0v) is 35.9. The molecule has 1 aliphatic rings. The summed E-state index contributed by atoms with van der Waals surface area (Å²) in [4.78, 5) is 78.9. The number of rotatable bonds is 27. The van der Waals surface area contributed by atoms with Gasteiger partial charge in [0.2, 0.25) is 5.75 Å². The van der Waals surface area contributed by atoms with E-state index in [9.17, 15) is 29.0 Å². The average molecular weight is 867 g/mol. The number of nitrogens with one attached hydrogen (secondary N) is 1. The van der Waals surface area contributed by atoms with Crippen molar-refractivity contribution in [2.45, 2.75) is 136 Å². The van der Waals surface area contributed by atoms with E-state index in [-0.39, 0.29) is 31.8 Å². The van der Waals surface area contributed by atoms with Crippen LogP contribution in [0.2, 0.25) is 0 Å². The first-order chi connectivity index (χ1) is 28.3. The number of carbonyl (C=O) groups excluding carboxylic acids is 2. The van der Waals surface area contributed by atoms with Crippen molar-refractivity contribution in [1.82, 2.24) is 9.55 Å². The second-order valence-corrected chi connectivity index (χ2v) is 17.8. The molecule has 1 fully saturated rings. The van der Waals surface area contributed by atoms with E-state index in [1.807, 2.05) is 0 Å². The largest absolute Gasteiger partial charge is 0.602 e. The Bertz CT molecular complexity index is 1780. The molecular formula is C40H58N3O14P2+2. The van der Waals surface area contributed by atoms with Gasteiger partial charge in [-0.15, -0.1) is 0 Å². The van der Waals surface area contributed by atoms with E-state index in [0.29, 0.717) is 53.9 Å². The van der Waals surface area contributed by atoms with Gasteiger partial charge < -0.3 is 19.3 Å². The summed E-state index contributed by atoms with van der Waals surface area (Å²) in [5.74, 6) is 3.16. The Morgan fingerprint density at radius 1 is 0.814 bits per heavy atom. The van der Waals surface area contributed by atoms with Crippen molar-refractivity contribution < 1.29 is 62.0 Å². The second kappa shape index (κ2) is 24.7. The maximum Gasteiger partial charge on any atom is 0.580 e. The summed E-state index contributed by atoms with van der Waals surface area (Å²) in [7, 11) is -9.53. The average Bonchev–Trinajstić information content (AvgIpc) is 3.70. The van der Waals surface area contributed by atoms with E-state index in [1.54, 1.807) is 55.5 Å². The molecule has 1 saturated heterocycles. The molecule has 3 atom stereocenters. The summed E-state index contributed by atoms with van der Waals surface area (Å²) in [5, 5.41) is 0. The molecule has 59 heavy (non-hydrogen) atoms. The van der Waals surface area contributed by atoms with Gasteiger partial charge in [-0.2, -0.15) is 19.5 Å². The van der Waals surface area contributed by atoms with Gasteiger partial charge in [0.05, 0.1) is 6.10 Å². The number of phosphoric ester groups is 1. The van der Waals surface area contributed by atoms with Crippen molar-refractivity contribution >= 4 is 28.3 Å². The van der Waals surface area contributed by atoms with Crippen LogP contribution in [-0.2, 0) is 50.0 Å². The molecule has 325 valence electrons. The third-order valence-corrected chi connectivity index (χ3v) is 12.6. The fourth-order valence-corrected chi connectivity index (χ4v) is 8.85. The molecule has 0 amide bonds. The number of quaternary nitrogens is 1. The summed E-state index contributed by atoms with van der Waals surface area (Å²) in [6, 6.07) is 12.6. The van der Waals surface area contributed by atoms with Crippen molar-refractivity contribution in [2.24, 2.45) is 0 Å². The van der Waals surface area contributed by atoms with Crippen LogP contribution in [0.4, 0.5) is 0 Å². The molecule has 17 nitrogen and oxygen atoms in total. The quantitative estimate of drug-likeness (QED) is 0.0231. The molecular weight excluding hydrogens is 808 g/mol. The molecule has 0 bridgehead atoms. The molecule has 4 N–H and O–H groups in total. The standard InChI is InChI=1S/C40H57N3O14P2/c1-4-6-8-10-12-14-37(44)54-33-20-16-31(17-21-33)27-50-58(48,51-28-32-18-22-34(23-19-32)55-38(45)15-13-11-9-7-5-2)57-59(49,56-41)52-29-35-24-25-36(53-35)43-26-30(3)39(46)42-40(43)47/h16-23,26,35-36H,4-15,24-25,27-29H2,1-3,41H3/q+1/p+1/t35-,36+,59?/m0/s1. The minimum absolute atomic E-state index is 0.304. The number of hydrogen-bond acceptors (Lipinski definition) is 14. The molecule has 0 saturated carbocycles. The van der Waals surface area contributed by atoms with Gasteiger partial charge in [0, 0.05) is 44.0 Å². The summed E-state index contributed by atoms with van der Waals surface area (Å²) in [6.45, 7) is 4.72. The van der Waals surface area contributed by atoms with E-state index >= 15 is 0 Å². The fraction of sp³-hybridized carbons (Fsp3) is 0.550. The van der Waals surface area contributed by atoms with Gasteiger partial charge in [-0.1, -0.05) is 89.5 Å². The number of benzene rings is 2. The van der Waals surface area contributed by atoms with Gasteiger partial charge >= 0.3 is 34.0 Å². The zero-order chi connectivity index (χ0) is 42.7. The Morgan fingerprint density at radius 3 is 1.95 bits per heavy atom. The number of aromatic amines is 1. The molecule has 0 aliphatic carbocycles. The molecule has 3 aromatic rings. The number of esters is 2. The van der Waals surface area contributed by atoms with Crippen LogP contribution in [0, 0.1) is 6.92 Å². The Labute approximate surface area is 345 Å². The first-order valence-corrected chi connectivity index (χ1v) is 23.1. The number of phosphoric acid groups is 2. The van der Waals surface area contributed by atoms with Crippen LogP contribution in [0.15, 0.2) is 64.3 Å².